The van der Waals surface area contributed by atoms with Crippen molar-refractivity contribution in [1.29, 1.82) is 0 Å². The van der Waals surface area contributed by atoms with Gasteiger partial charge in [0.15, 0.2) is 17.3 Å². The molecule has 1 amide bonds. The van der Waals surface area contributed by atoms with Gasteiger partial charge in [-0.05, 0) is 100.0 Å². The molecule has 6 heterocycles. The standard InChI is InChI=1S/C68H80N10O16S2/c1-7-68(58-35-60-62-56(39-77(60)64(83)57(58)43-92-65(68)84)54(55-16-9-10-17-59(55)73-62)28-30-78(44(3)4)96(6,88)89)94-67(85)93-40-45-18-24-50(25-19-45)72-63(82)48(14-11-12-29-69-8-2)34-53(80)42-91-41-52(79)15-13-32-90-33-31-76-38-51(74-75-76)26-27-61(81)47-22-20-46(21-23-47)49-36-70-66(71-37-49)95(5,86)87/h9-10,16-25,35-38,44,48,69H,7-8,11-15,26-34,39-43H2,1-6H3,(H,72,82)/t48-,68+/m1/s1/i2T. The third kappa shape index (κ3) is 18.0. The second-order valence-electron chi connectivity index (χ2n) is 24.0. The maximum absolute atomic E-state index is 14.4. The lowest BCUT2D eigenvalue weighted by atomic mass is 9.85. The molecule has 0 fully saturated rings. The Labute approximate surface area is 558 Å². The van der Waals surface area contributed by atoms with Crippen LogP contribution in [0.15, 0.2) is 107 Å². The van der Waals surface area contributed by atoms with Crippen LogP contribution in [0.5, 0.6) is 0 Å². The lowest BCUT2D eigenvalue weighted by molar-refractivity contribution is -0.175. The van der Waals surface area contributed by atoms with Crippen LogP contribution in [0.3, 0.4) is 0 Å². The van der Waals surface area contributed by atoms with E-state index < -0.39 is 55.0 Å². The van der Waals surface area contributed by atoms with E-state index in [1.807, 2.05) is 38.1 Å². The van der Waals surface area contributed by atoms with Crippen molar-refractivity contribution in [2.45, 2.75) is 135 Å². The van der Waals surface area contributed by atoms with Crippen molar-refractivity contribution in [3.8, 4) is 22.5 Å². The van der Waals surface area contributed by atoms with Gasteiger partial charge < -0.3 is 38.9 Å². The number of Topliss-reactive ketones (excluding diaryl/α,β-unsaturated/α-hetero) is 3. The average Bonchev–Trinajstić information content (AvgIpc) is 1.60. The molecule has 0 spiro atoms. The summed E-state index contributed by atoms with van der Waals surface area (Å²) < 4.78 is 89.1. The SMILES string of the molecule is [3H]CCNCCCC[C@H](CC(=O)COCC(=O)CCCOCCn1cc(CCC(=O)c2ccc(-c3cnc(S(C)(=O)=O)nc3)cc2)nn1)C(=O)Nc1ccc(COC(=O)O[C@]2(CC)C(=O)OCc3c2cc2n(c3=O)Cc3c-2nc2ccccc2c3CCN(C(C)C)S(C)(=O)=O)cc1. The van der Waals surface area contributed by atoms with Crippen LogP contribution >= 0.6 is 0 Å². The Morgan fingerprint density at radius 1 is 0.854 bits per heavy atom. The van der Waals surface area contributed by atoms with Gasteiger partial charge in [0.2, 0.25) is 36.5 Å². The number of fused-ring (bicyclic) bond motifs is 5. The zero-order chi connectivity index (χ0) is 69.4. The highest BCUT2D eigenvalue weighted by atomic mass is 32.2. The maximum Gasteiger partial charge on any atom is 0.510 e. The van der Waals surface area contributed by atoms with E-state index in [9.17, 15) is 50.4 Å². The van der Waals surface area contributed by atoms with Crippen molar-refractivity contribution in [3.63, 3.8) is 0 Å². The topological polar surface area (TPSA) is 336 Å². The van der Waals surface area contributed by atoms with Gasteiger partial charge in [-0.2, -0.15) is 4.31 Å². The fraction of sp³-hybridized carbons (Fsp3) is 0.441. The highest BCUT2D eigenvalue weighted by Gasteiger charge is 2.51. The summed E-state index contributed by atoms with van der Waals surface area (Å²) in [6, 6.07) is 22.1. The number of hydrogen-bond acceptors (Lipinski definition) is 22. The molecule has 0 saturated carbocycles. The fourth-order valence-electron chi connectivity index (χ4n) is 11.7. The molecular formula is C68H80N10O16S2. The smallest absolute Gasteiger partial charge is 0.457 e. The van der Waals surface area contributed by atoms with Gasteiger partial charge in [0, 0.05) is 110 Å². The molecule has 2 aliphatic rings. The fourth-order valence-corrected chi connectivity index (χ4v) is 13.4. The summed E-state index contributed by atoms with van der Waals surface area (Å²) in [5, 5.41) is 14.9. The first-order chi connectivity index (χ1) is 46.5. The molecule has 4 aromatic heterocycles. The molecule has 0 saturated heterocycles. The number of carbonyl (C=O) groups is 6. The molecule has 28 heteroatoms. The number of sulfonamides is 1. The van der Waals surface area contributed by atoms with Gasteiger partial charge >= 0.3 is 12.1 Å². The summed E-state index contributed by atoms with van der Waals surface area (Å²) in [4.78, 5) is 107. The van der Waals surface area contributed by atoms with Crippen LogP contribution in [0.4, 0.5) is 10.5 Å². The molecule has 96 heavy (non-hydrogen) atoms. The van der Waals surface area contributed by atoms with Crippen LogP contribution < -0.4 is 16.2 Å². The van der Waals surface area contributed by atoms with Gasteiger partial charge in [-0.25, -0.2) is 46.1 Å². The number of nitrogens with one attached hydrogen (secondary N) is 2. The Hall–Kier alpha value is -8.80. The van der Waals surface area contributed by atoms with Crippen LogP contribution in [0.2, 0.25) is 0 Å². The number of ether oxygens (including phenoxy) is 5. The molecule has 7 aromatic rings. The van der Waals surface area contributed by atoms with Crippen LogP contribution in [0.25, 0.3) is 33.4 Å². The summed E-state index contributed by atoms with van der Waals surface area (Å²) in [6.07, 6.45) is 8.48. The number of esters is 1. The number of pyridine rings is 2. The zero-order valence-electron chi connectivity index (χ0n) is 55.4. The molecule has 0 aliphatic carbocycles. The van der Waals surface area contributed by atoms with E-state index in [2.05, 4.69) is 30.9 Å². The average molecular weight is 1360 g/mol. The number of hydrogen-bond donors (Lipinski definition) is 2. The first kappa shape index (κ1) is 70.0. The van der Waals surface area contributed by atoms with E-state index in [1.54, 1.807) is 77.0 Å². The lowest BCUT2D eigenvalue weighted by Crippen LogP contribution is -2.47. The number of para-hydroxylation sites is 1. The number of carbonyl (C=O) groups excluding carboxylic acids is 6. The van der Waals surface area contributed by atoms with E-state index in [4.69, 9.17) is 30.0 Å². The van der Waals surface area contributed by atoms with Crippen LogP contribution in [0, 0.1) is 5.92 Å². The van der Waals surface area contributed by atoms with Gasteiger partial charge in [-0.15, -0.1) is 5.10 Å². The minimum atomic E-state index is -3.54. The Kier molecular flexibility index (Phi) is 23.6. The summed E-state index contributed by atoms with van der Waals surface area (Å²) in [7, 11) is -7.07. The number of benzene rings is 3. The van der Waals surface area contributed by atoms with E-state index in [1.165, 1.54) is 23.0 Å². The largest absolute Gasteiger partial charge is 0.510 e. The first-order valence-electron chi connectivity index (χ1n) is 32.5. The third-order valence-electron chi connectivity index (χ3n) is 16.7. The Bertz CT molecular complexity index is 4300. The molecule has 2 aliphatic heterocycles. The molecular weight excluding hydrogens is 1280 g/mol. The minimum absolute atomic E-state index is 0.0863. The molecule has 2 atom stereocenters. The molecule has 9 rings (SSSR count). The molecule has 0 bridgehead atoms. The van der Waals surface area contributed by atoms with E-state index in [0.29, 0.717) is 110 Å². The summed E-state index contributed by atoms with van der Waals surface area (Å²) in [5.41, 5.74) is 4.18. The Balaban J connectivity index is 0.711. The molecule has 3 aromatic carbocycles. The summed E-state index contributed by atoms with van der Waals surface area (Å²) >= 11 is 0. The van der Waals surface area contributed by atoms with Crippen molar-refractivity contribution in [1.82, 2.24) is 44.1 Å². The number of ketones is 3. The van der Waals surface area contributed by atoms with E-state index in [-0.39, 0.29) is 118 Å². The van der Waals surface area contributed by atoms with Crippen LogP contribution in [0.1, 0.15) is 124 Å². The second kappa shape index (κ2) is 32.3. The van der Waals surface area contributed by atoms with Gasteiger partial charge in [-0.3, -0.25) is 24.0 Å². The van der Waals surface area contributed by atoms with Gasteiger partial charge in [0.25, 0.3) is 5.56 Å². The number of aromatic nitrogens is 7. The van der Waals surface area contributed by atoms with Gasteiger partial charge in [-0.1, -0.05) is 80.1 Å². The number of unbranched alkanes of at least 4 members (excludes halogenated alkanes) is 1. The van der Waals surface area contributed by atoms with Crippen LogP contribution in [-0.4, -0.2) is 156 Å². The number of cyclic esters (lactones) is 1. The molecule has 0 radical (unpaired) electrons. The predicted molar refractivity (Wildman–Crippen MR) is 354 cm³/mol. The van der Waals surface area contributed by atoms with Crippen molar-refractivity contribution in [3.05, 3.63) is 147 Å². The zero-order valence-corrected chi connectivity index (χ0v) is 56.0. The van der Waals surface area contributed by atoms with Gasteiger partial charge in [0.1, 0.15) is 26.4 Å². The number of nitrogens with zero attached hydrogens (tertiary/aromatic N) is 8. The molecule has 26 nitrogen and oxygen atoms in total. The molecule has 510 valence electrons. The number of amides is 1. The maximum atomic E-state index is 14.4. The molecule has 2 N–H and O–H groups in total. The molecule has 0 unspecified atom stereocenters. The number of rotatable bonds is 36. The predicted octanol–water partition coefficient (Wildman–Crippen LogP) is 7.30. The number of sulfone groups is 1. The third-order valence-corrected chi connectivity index (χ3v) is 19.0. The second-order valence-corrected chi connectivity index (χ2v) is 27.8. The monoisotopic (exact) mass is 1360 g/mol. The van der Waals surface area contributed by atoms with Crippen molar-refractivity contribution < 1.29 is 70.7 Å². The highest BCUT2D eigenvalue weighted by molar-refractivity contribution is 7.90. The minimum Gasteiger partial charge on any atom is -0.457 e. The van der Waals surface area contributed by atoms with Crippen LogP contribution in [-0.2, 0) is 107 Å². The number of anilines is 1. The summed E-state index contributed by atoms with van der Waals surface area (Å²) in [5.74, 6) is -2.70. The Morgan fingerprint density at radius 3 is 2.32 bits per heavy atom. The van der Waals surface area contributed by atoms with Crippen molar-refractivity contribution in [2.24, 2.45) is 5.92 Å². The Morgan fingerprint density at radius 2 is 1.60 bits per heavy atom. The quantitative estimate of drug-likeness (QED) is 0.0168. The van der Waals surface area contributed by atoms with Crippen molar-refractivity contribution in [2.75, 3.05) is 63.9 Å². The summed E-state index contributed by atoms with van der Waals surface area (Å²) in [6.45, 7) is 6.59. The first-order valence-corrected chi connectivity index (χ1v) is 35.5. The highest BCUT2D eigenvalue weighted by Crippen LogP contribution is 2.42. The van der Waals surface area contributed by atoms with Gasteiger partial charge in [0.05, 0.1) is 54.1 Å². The van der Waals surface area contributed by atoms with E-state index >= 15 is 0 Å². The van der Waals surface area contributed by atoms with E-state index in [0.717, 1.165) is 28.3 Å². The normalized spacial score (nSPS) is 14.8. The number of aryl methyl sites for hydroxylation is 1. The lowest BCUT2D eigenvalue weighted by Gasteiger charge is -2.35. The van der Waals surface area contributed by atoms with Crippen molar-refractivity contribution >= 4 is 71.8 Å².